The van der Waals surface area contributed by atoms with Gasteiger partial charge in [-0.1, -0.05) is 18.5 Å². The van der Waals surface area contributed by atoms with E-state index in [4.69, 9.17) is 11.6 Å². The molecule has 102 valence electrons. The first-order valence-corrected chi connectivity index (χ1v) is 6.97. The molecule has 0 aliphatic heterocycles. The van der Waals surface area contributed by atoms with Gasteiger partial charge >= 0.3 is 5.69 Å². The Morgan fingerprint density at radius 2 is 2.16 bits per heavy atom. The van der Waals surface area contributed by atoms with Gasteiger partial charge < -0.3 is 0 Å². The Morgan fingerprint density at radius 1 is 1.42 bits per heavy atom. The van der Waals surface area contributed by atoms with Crippen LogP contribution in [0.15, 0.2) is 17.2 Å². The first-order chi connectivity index (χ1) is 9.11. The minimum Gasteiger partial charge on any atom is -0.296 e. The van der Waals surface area contributed by atoms with Crippen LogP contribution in [0.4, 0.5) is 0 Å². The molecule has 0 atom stereocenters. The lowest BCUT2D eigenvalue weighted by Crippen LogP contribution is -2.24. The molecular weight excluding hydrogens is 264 g/mol. The third-order valence-corrected chi connectivity index (χ3v) is 4.07. The van der Waals surface area contributed by atoms with Crippen LogP contribution >= 0.6 is 11.6 Å². The molecule has 0 spiro atoms. The van der Waals surface area contributed by atoms with Gasteiger partial charge in [0.25, 0.3) is 0 Å². The van der Waals surface area contributed by atoms with Crippen LogP contribution < -0.4 is 5.69 Å². The van der Waals surface area contributed by atoms with Crippen molar-refractivity contribution >= 4 is 11.6 Å². The summed E-state index contributed by atoms with van der Waals surface area (Å²) in [5, 5.41) is 5.05. The van der Waals surface area contributed by atoms with Gasteiger partial charge in [-0.25, -0.2) is 4.79 Å². The highest BCUT2D eigenvalue weighted by Gasteiger charge is 2.26. The topological polar surface area (TPSA) is 44.8 Å². The number of aromatic nitrogens is 4. The number of hydrogen-bond acceptors (Lipinski definition) is 2. The molecule has 1 aliphatic rings. The van der Waals surface area contributed by atoms with Crippen LogP contribution in [0, 0.1) is 0 Å². The fourth-order valence-electron chi connectivity index (χ4n) is 2.33. The molecule has 2 aromatic heterocycles. The molecule has 0 N–H and O–H groups in total. The molecule has 2 heterocycles. The molecule has 0 bridgehead atoms. The van der Waals surface area contributed by atoms with E-state index in [1.54, 1.807) is 9.25 Å². The molecule has 0 radical (unpaired) electrons. The van der Waals surface area contributed by atoms with E-state index in [1.807, 2.05) is 30.9 Å². The fourth-order valence-corrected chi connectivity index (χ4v) is 2.69. The van der Waals surface area contributed by atoms with Gasteiger partial charge in [0.15, 0.2) is 0 Å². The third kappa shape index (κ3) is 2.12. The molecule has 1 fully saturated rings. The second-order valence-electron chi connectivity index (χ2n) is 5.03. The maximum atomic E-state index is 12.2. The van der Waals surface area contributed by atoms with Gasteiger partial charge in [-0.3, -0.25) is 13.8 Å². The van der Waals surface area contributed by atoms with Crippen LogP contribution in [0.1, 0.15) is 37.2 Å². The van der Waals surface area contributed by atoms with Gasteiger partial charge in [0.1, 0.15) is 0 Å². The van der Waals surface area contributed by atoms with Crippen molar-refractivity contribution in [3.8, 4) is 0 Å². The predicted octanol–water partition coefficient (Wildman–Crippen LogP) is 1.98. The second kappa shape index (κ2) is 4.56. The molecule has 5 nitrogen and oxygen atoms in total. The van der Waals surface area contributed by atoms with Gasteiger partial charge in [0.2, 0.25) is 0 Å². The van der Waals surface area contributed by atoms with Crippen LogP contribution in [0.2, 0.25) is 5.02 Å². The highest BCUT2D eigenvalue weighted by molar-refractivity contribution is 6.31. The van der Waals surface area contributed by atoms with Gasteiger partial charge in [0, 0.05) is 25.5 Å². The lowest BCUT2D eigenvalue weighted by Gasteiger charge is -2.03. The molecule has 6 heteroatoms. The van der Waals surface area contributed by atoms with Crippen LogP contribution in [0.25, 0.3) is 0 Å². The van der Waals surface area contributed by atoms with Gasteiger partial charge in [-0.05, 0) is 19.3 Å². The van der Waals surface area contributed by atoms with Crippen LogP contribution in [0.5, 0.6) is 0 Å². The monoisotopic (exact) mass is 280 g/mol. The lowest BCUT2D eigenvalue weighted by molar-refractivity contribution is 0.620. The molecule has 3 rings (SSSR count). The summed E-state index contributed by atoms with van der Waals surface area (Å²) in [6.45, 7) is 2.49. The Hall–Kier alpha value is -1.49. The van der Waals surface area contributed by atoms with Crippen molar-refractivity contribution in [3.05, 3.63) is 39.3 Å². The zero-order chi connectivity index (χ0) is 13.6. The molecule has 1 aliphatic carbocycles. The largest absolute Gasteiger partial charge is 0.328 e. The molecule has 0 amide bonds. The number of hydrogen-bond donors (Lipinski definition) is 0. The maximum absolute atomic E-state index is 12.2. The van der Waals surface area contributed by atoms with E-state index in [-0.39, 0.29) is 5.69 Å². The summed E-state index contributed by atoms with van der Waals surface area (Å²) in [6, 6.07) is 0.405. The summed E-state index contributed by atoms with van der Waals surface area (Å²) in [4.78, 5) is 12.2. The normalized spacial score (nSPS) is 15.1. The average molecular weight is 281 g/mol. The van der Waals surface area contributed by atoms with Crippen molar-refractivity contribution in [2.75, 3.05) is 0 Å². The standard InChI is InChI=1S/C13H17ClN4O/c1-3-10-12(14)11(16(2)15-10)8-17-6-7-18(13(17)19)9-4-5-9/h6-7,9H,3-5,8H2,1-2H3. The van der Waals surface area contributed by atoms with E-state index in [0.717, 1.165) is 30.7 Å². The number of rotatable bonds is 4. The van der Waals surface area contributed by atoms with Gasteiger partial charge in [0.05, 0.1) is 23.0 Å². The minimum absolute atomic E-state index is 0.0396. The summed E-state index contributed by atoms with van der Waals surface area (Å²) in [5.74, 6) is 0. The summed E-state index contributed by atoms with van der Waals surface area (Å²) in [7, 11) is 1.86. The smallest absolute Gasteiger partial charge is 0.296 e. The quantitative estimate of drug-likeness (QED) is 0.860. The molecule has 0 aromatic carbocycles. The Balaban J connectivity index is 1.93. The molecule has 2 aromatic rings. The van der Waals surface area contributed by atoms with Crippen molar-refractivity contribution in [3.63, 3.8) is 0 Å². The first kappa shape index (κ1) is 12.5. The second-order valence-corrected chi connectivity index (χ2v) is 5.41. The summed E-state index contributed by atoms with van der Waals surface area (Å²) >= 11 is 6.31. The zero-order valence-electron chi connectivity index (χ0n) is 11.1. The van der Waals surface area contributed by atoms with Crippen molar-refractivity contribution in [2.45, 2.75) is 38.8 Å². The van der Waals surface area contributed by atoms with E-state index in [2.05, 4.69) is 5.10 Å². The van der Waals surface area contributed by atoms with Gasteiger partial charge in [-0.15, -0.1) is 0 Å². The third-order valence-electron chi connectivity index (χ3n) is 3.64. The molecule has 0 unspecified atom stereocenters. The number of imidazole rings is 1. The number of halogens is 1. The molecular formula is C13H17ClN4O. The number of nitrogens with zero attached hydrogens (tertiary/aromatic N) is 4. The molecule has 19 heavy (non-hydrogen) atoms. The van der Waals surface area contributed by atoms with E-state index < -0.39 is 0 Å². The first-order valence-electron chi connectivity index (χ1n) is 6.59. The summed E-state index contributed by atoms with van der Waals surface area (Å²) < 4.78 is 5.27. The maximum Gasteiger partial charge on any atom is 0.328 e. The van der Waals surface area contributed by atoms with Gasteiger partial charge in [-0.2, -0.15) is 5.10 Å². The molecule has 1 saturated carbocycles. The van der Waals surface area contributed by atoms with E-state index in [0.29, 0.717) is 17.6 Å². The van der Waals surface area contributed by atoms with Crippen LogP contribution in [-0.2, 0) is 20.0 Å². The SMILES string of the molecule is CCc1nn(C)c(Cn2ccn(C3CC3)c2=O)c1Cl. The molecule has 0 saturated heterocycles. The van der Waals surface area contributed by atoms with Crippen molar-refractivity contribution < 1.29 is 0 Å². The van der Waals surface area contributed by atoms with E-state index in [1.165, 1.54) is 0 Å². The summed E-state index contributed by atoms with van der Waals surface area (Å²) in [5.41, 5.74) is 1.81. The Labute approximate surface area is 116 Å². The highest BCUT2D eigenvalue weighted by atomic mass is 35.5. The average Bonchev–Trinajstić information content (AvgIpc) is 3.12. The van der Waals surface area contributed by atoms with Crippen LogP contribution in [-0.4, -0.2) is 18.9 Å². The van der Waals surface area contributed by atoms with E-state index >= 15 is 0 Å². The van der Waals surface area contributed by atoms with Crippen molar-refractivity contribution in [1.82, 2.24) is 18.9 Å². The Morgan fingerprint density at radius 3 is 2.74 bits per heavy atom. The van der Waals surface area contributed by atoms with Crippen molar-refractivity contribution in [1.29, 1.82) is 0 Å². The zero-order valence-corrected chi connectivity index (χ0v) is 11.9. The van der Waals surface area contributed by atoms with E-state index in [9.17, 15) is 4.79 Å². The lowest BCUT2D eigenvalue weighted by atomic mass is 10.3. The highest BCUT2D eigenvalue weighted by Crippen LogP contribution is 2.33. The fraction of sp³-hybridized carbons (Fsp3) is 0.538. The van der Waals surface area contributed by atoms with Crippen LogP contribution in [0.3, 0.4) is 0 Å². The minimum atomic E-state index is 0.0396. The summed E-state index contributed by atoms with van der Waals surface area (Å²) in [6.07, 6.45) is 6.71. The van der Waals surface area contributed by atoms with Crippen molar-refractivity contribution in [2.24, 2.45) is 7.05 Å². The Kier molecular flexibility index (Phi) is 3.01. The Bertz CT molecular complexity index is 663. The number of aryl methyl sites for hydroxylation is 2. The predicted molar refractivity (Wildman–Crippen MR) is 73.7 cm³/mol.